The molecule has 0 saturated heterocycles. The van der Waals surface area contributed by atoms with Crippen molar-refractivity contribution in [2.24, 2.45) is 11.8 Å². The summed E-state index contributed by atoms with van der Waals surface area (Å²) in [6.07, 6.45) is 3.12. The lowest BCUT2D eigenvalue weighted by Crippen LogP contribution is -2.37. The highest BCUT2D eigenvalue weighted by Gasteiger charge is 2.29. The van der Waals surface area contributed by atoms with E-state index >= 15 is 0 Å². The summed E-state index contributed by atoms with van der Waals surface area (Å²) < 4.78 is 0. The number of carbonyl (C=O) groups is 2. The van der Waals surface area contributed by atoms with Crippen LogP contribution in [0.2, 0.25) is 0 Å². The third kappa shape index (κ3) is 5.68. The minimum atomic E-state index is 0.0219. The third-order valence-corrected chi connectivity index (χ3v) is 5.37. The zero-order valence-corrected chi connectivity index (χ0v) is 15.9. The fourth-order valence-corrected chi connectivity index (χ4v) is 3.59. The summed E-state index contributed by atoms with van der Waals surface area (Å²) in [6.45, 7) is 3.18. The quantitative estimate of drug-likeness (QED) is 0.820. The molecule has 1 aliphatic rings. The lowest BCUT2D eigenvalue weighted by atomic mass is 9.81. The number of aryl methyl sites for hydroxylation is 1. The highest BCUT2D eigenvalue weighted by atomic mass is 16.2. The van der Waals surface area contributed by atoms with Crippen molar-refractivity contribution in [3.05, 3.63) is 71.3 Å². The standard InChI is InChI=1S/C23H28N2O2/c1-17-7-9-19(10-8-17)16-25-23(27)21-13-11-20(12-14-21)22(26)24-15-18-5-3-2-4-6-18/h2-10,20-21H,11-16H2,1H3,(H,24,26)(H,25,27). The van der Waals surface area contributed by atoms with E-state index in [-0.39, 0.29) is 23.7 Å². The van der Waals surface area contributed by atoms with Crippen LogP contribution in [0.3, 0.4) is 0 Å². The van der Waals surface area contributed by atoms with Crippen LogP contribution < -0.4 is 10.6 Å². The number of benzene rings is 2. The maximum absolute atomic E-state index is 12.4. The molecule has 0 atom stereocenters. The molecular formula is C23H28N2O2. The molecule has 1 saturated carbocycles. The minimum Gasteiger partial charge on any atom is -0.352 e. The van der Waals surface area contributed by atoms with Crippen molar-refractivity contribution in [1.29, 1.82) is 0 Å². The molecule has 27 heavy (non-hydrogen) atoms. The molecule has 2 aromatic carbocycles. The summed E-state index contributed by atoms with van der Waals surface area (Å²) in [5.74, 6) is 0.263. The summed E-state index contributed by atoms with van der Waals surface area (Å²) in [5.41, 5.74) is 3.44. The van der Waals surface area contributed by atoms with Gasteiger partial charge in [0, 0.05) is 24.9 Å². The van der Waals surface area contributed by atoms with Gasteiger partial charge in [-0.2, -0.15) is 0 Å². The Hall–Kier alpha value is -2.62. The van der Waals surface area contributed by atoms with Crippen molar-refractivity contribution < 1.29 is 9.59 Å². The molecule has 0 unspecified atom stereocenters. The molecule has 4 heteroatoms. The average Bonchev–Trinajstić information content (AvgIpc) is 2.72. The number of amides is 2. The first-order valence-electron chi connectivity index (χ1n) is 9.76. The fourth-order valence-electron chi connectivity index (χ4n) is 3.59. The second-order valence-electron chi connectivity index (χ2n) is 7.46. The second kappa shape index (κ2) is 9.36. The SMILES string of the molecule is Cc1ccc(CNC(=O)C2CCC(C(=O)NCc3ccccc3)CC2)cc1. The van der Waals surface area contributed by atoms with Gasteiger partial charge in [-0.3, -0.25) is 9.59 Å². The van der Waals surface area contributed by atoms with E-state index in [2.05, 4.69) is 29.7 Å². The smallest absolute Gasteiger partial charge is 0.223 e. The molecule has 0 aromatic heterocycles. The number of rotatable bonds is 6. The lowest BCUT2D eigenvalue weighted by Gasteiger charge is -2.27. The monoisotopic (exact) mass is 364 g/mol. The molecule has 0 radical (unpaired) electrons. The van der Waals surface area contributed by atoms with Gasteiger partial charge in [0.15, 0.2) is 0 Å². The van der Waals surface area contributed by atoms with Crippen LogP contribution in [0.5, 0.6) is 0 Å². The zero-order chi connectivity index (χ0) is 19.1. The second-order valence-corrected chi connectivity index (χ2v) is 7.46. The van der Waals surface area contributed by atoms with E-state index in [1.165, 1.54) is 5.56 Å². The van der Waals surface area contributed by atoms with E-state index < -0.39 is 0 Å². The number of hydrogen-bond donors (Lipinski definition) is 2. The van der Waals surface area contributed by atoms with Gasteiger partial charge in [0.1, 0.15) is 0 Å². The van der Waals surface area contributed by atoms with Crippen molar-refractivity contribution >= 4 is 11.8 Å². The molecule has 2 amide bonds. The first-order valence-corrected chi connectivity index (χ1v) is 9.76. The summed E-state index contributed by atoms with van der Waals surface area (Å²) in [5, 5.41) is 6.06. The highest BCUT2D eigenvalue weighted by molar-refractivity contribution is 5.81. The van der Waals surface area contributed by atoms with Crippen molar-refractivity contribution in [2.75, 3.05) is 0 Å². The van der Waals surface area contributed by atoms with Gasteiger partial charge < -0.3 is 10.6 Å². The molecule has 4 nitrogen and oxygen atoms in total. The molecule has 1 fully saturated rings. The molecule has 0 bridgehead atoms. The molecular weight excluding hydrogens is 336 g/mol. The highest BCUT2D eigenvalue weighted by Crippen LogP contribution is 2.29. The Bertz CT molecular complexity index is 748. The van der Waals surface area contributed by atoms with Gasteiger partial charge >= 0.3 is 0 Å². The normalized spacial score (nSPS) is 19.3. The van der Waals surface area contributed by atoms with Gasteiger partial charge in [-0.15, -0.1) is 0 Å². The Morgan fingerprint density at radius 3 is 1.67 bits per heavy atom. The summed E-state index contributed by atoms with van der Waals surface area (Å²) in [6, 6.07) is 18.1. The van der Waals surface area contributed by atoms with E-state index in [4.69, 9.17) is 0 Å². The zero-order valence-electron chi connectivity index (χ0n) is 15.9. The molecule has 2 N–H and O–H groups in total. The molecule has 0 spiro atoms. The molecule has 0 heterocycles. The van der Waals surface area contributed by atoms with Crippen LogP contribution in [0.4, 0.5) is 0 Å². The van der Waals surface area contributed by atoms with E-state index in [0.717, 1.165) is 36.8 Å². The lowest BCUT2D eigenvalue weighted by molar-refractivity contribution is -0.130. The average molecular weight is 364 g/mol. The Labute approximate surface area is 161 Å². The topological polar surface area (TPSA) is 58.2 Å². The van der Waals surface area contributed by atoms with Crippen LogP contribution in [0, 0.1) is 18.8 Å². The van der Waals surface area contributed by atoms with Gasteiger partial charge in [0.2, 0.25) is 11.8 Å². The third-order valence-electron chi connectivity index (χ3n) is 5.37. The van der Waals surface area contributed by atoms with Crippen LogP contribution in [0.15, 0.2) is 54.6 Å². The number of carbonyl (C=O) groups excluding carboxylic acids is 2. The molecule has 0 aliphatic heterocycles. The van der Waals surface area contributed by atoms with Crippen LogP contribution in [0.25, 0.3) is 0 Å². The van der Waals surface area contributed by atoms with E-state index in [1.54, 1.807) is 0 Å². The Morgan fingerprint density at radius 1 is 0.741 bits per heavy atom. The van der Waals surface area contributed by atoms with Crippen LogP contribution >= 0.6 is 0 Å². The minimum absolute atomic E-state index is 0.0219. The van der Waals surface area contributed by atoms with Gasteiger partial charge in [-0.25, -0.2) is 0 Å². The van der Waals surface area contributed by atoms with Gasteiger partial charge in [-0.05, 0) is 43.7 Å². The van der Waals surface area contributed by atoms with Gasteiger partial charge in [-0.1, -0.05) is 60.2 Å². The summed E-state index contributed by atoms with van der Waals surface area (Å²) >= 11 is 0. The summed E-state index contributed by atoms with van der Waals surface area (Å²) in [7, 11) is 0. The number of nitrogens with one attached hydrogen (secondary N) is 2. The molecule has 142 valence electrons. The van der Waals surface area contributed by atoms with Crippen LogP contribution in [-0.4, -0.2) is 11.8 Å². The first-order chi connectivity index (χ1) is 13.1. The predicted molar refractivity (Wildman–Crippen MR) is 107 cm³/mol. The molecule has 3 rings (SSSR count). The molecule has 2 aromatic rings. The number of hydrogen-bond acceptors (Lipinski definition) is 2. The largest absolute Gasteiger partial charge is 0.352 e. The predicted octanol–water partition coefficient (Wildman–Crippen LogP) is 3.73. The van der Waals surface area contributed by atoms with Crippen molar-refractivity contribution in [1.82, 2.24) is 10.6 Å². The van der Waals surface area contributed by atoms with E-state index in [9.17, 15) is 9.59 Å². The van der Waals surface area contributed by atoms with Crippen molar-refractivity contribution in [2.45, 2.75) is 45.7 Å². The van der Waals surface area contributed by atoms with Gasteiger partial charge in [0.25, 0.3) is 0 Å². The van der Waals surface area contributed by atoms with E-state index in [1.807, 2.05) is 42.5 Å². The van der Waals surface area contributed by atoms with Gasteiger partial charge in [0.05, 0.1) is 0 Å². The fraction of sp³-hybridized carbons (Fsp3) is 0.391. The van der Waals surface area contributed by atoms with Crippen LogP contribution in [-0.2, 0) is 22.7 Å². The van der Waals surface area contributed by atoms with Crippen molar-refractivity contribution in [3.63, 3.8) is 0 Å². The summed E-state index contributed by atoms with van der Waals surface area (Å²) in [4.78, 5) is 24.8. The Balaban J connectivity index is 1.39. The Morgan fingerprint density at radius 2 is 1.19 bits per heavy atom. The van der Waals surface area contributed by atoms with Crippen molar-refractivity contribution in [3.8, 4) is 0 Å². The maximum Gasteiger partial charge on any atom is 0.223 e. The first kappa shape index (κ1) is 19.2. The Kier molecular flexibility index (Phi) is 6.64. The molecule has 1 aliphatic carbocycles. The van der Waals surface area contributed by atoms with Crippen LogP contribution in [0.1, 0.15) is 42.4 Å². The van der Waals surface area contributed by atoms with E-state index in [0.29, 0.717) is 13.1 Å². The maximum atomic E-state index is 12.4.